The van der Waals surface area contributed by atoms with Gasteiger partial charge in [0, 0.05) is 36.6 Å². The number of likely N-dealkylation sites (tertiary alicyclic amines) is 2. The van der Waals surface area contributed by atoms with Gasteiger partial charge < -0.3 is 39.9 Å². The van der Waals surface area contributed by atoms with E-state index in [4.69, 9.17) is 19.4 Å². The molecule has 4 N–H and O–H groups in total. The van der Waals surface area contributed by atoms with Crippen molar-refractivity contribution in [1.82, 2.24) is 40.4 Å². The number of H-pyrrole nitrogens is 2. The van der Waals surface area contributed by atoms with Crippen LogP contribution in [0.3, 0.4) is 0 Å². The molecule has 2 saturated heterocycles. The molecule has 0 spiro atoms. The van der Waals surface area contributed by atoms with Gasteiger partial charge >= 0.3 is 12.2 Å². The molecule has 0 aliphatic carbocycles. The zero-order chi connectivity index (χ0) is 54.3. The lowest BCUT2D eigenvalue weighted by Gasteiger charge is -2.28. The molecule has 6 aromatic rings. The van der Waals surface area contributed by atoms with Gasteiger partial charge in [-0.25, -0.2) is 19.6 Å². The zero-order valence-electron chi connectivity index (χ0n) is 44.8. The number of amides is 4. The van der Waals surface area contributed by atoms with Crippen molar-refractivity contribution in [2.75, 3.05) is 50.3 Å². The average Bonchev–Trinajstić information content (AvgIpc) is 4.32. The third-order valence-electron chi connectivity index (χ3n) is 14.5. The molecule has 8 rings (SSSR count). The first kappa shape index (κ1) is 56.2. The molecule has 4 amide bonds. The lowest BCUT2D eigenvalue weighted by Crippen LogP contribution is -2.49. The van der Waals surface area contributed by atoms with Crippen molar-refractivity contribution in [2.45, 2.75) is 95.8 Å². The number of benzene rings is 4. The van der Waals surface area contributed by atoms with Gasteiger partial charge in [-0.3, -0.25) is 9.59 Å². The van der Waals surface area contributed by atoms with Crippen molar-refractivity contribution in [3.8, 4) is 44.8 Å². The van der Waals surface area contributed by atoms with E-state index in [1.54, 1.807) is 23.5 Å². The minimum Gasteiger partial charge on any atom is -0.445 e. The van der Waals surface area contributed by atoms with E-state index < -0.39 is 24.3 Å². The first-order valence-corrected chi connectivity index (χ1v) is 29.5. The summed E-state index contributed by atoms with van der Waals surface area (Å²) in [6, 6.07) is 28.9. The Morgan fingerprint density at radius 3 is 1.60 bits per heavy atom. The Bertz CT molecular complexity index is 2990. The van der Waals surface area contributed by atoms with Gasteiger partial charge in [0.25, 0.3) is 0 Å². The number of nitrogens with zero attached hydrogens (tertiary/aromatic N) is 4. The number of aromatic nitrogens is 4. The van der Waals surface area contributed by atoms with Gasteiger partial charge in [-0.15, -0.1) is 0 Å². The normalized spacial score (nSPS) is 15.9. The van der Waals surface area contributed by atoms with Crippen LogP contribution in [0.4, 0.5) is 9.59 Å². The SMILES string of the molecule is C=CCOC(=O)N[C@@H](CCSC)C(=O)N1CCC[C@H]1c1nc(-c2ccc(-c3cc(CCc4ccc(C)cc4-c4ccc(-c5c[nH]c([C@@H]6CCCN6C(=O)[C@H](CCSC)NC(=O)OCC=C)n5)cc4)ccc3CC)cc2)c[nH]1. The number of aromatic amines is 2. The molecule has 2 aliphatic heterocycles. The summed E-state index contributed by atoms with van der Waals surface area (Å²) >= 11 is 3.26. The molecule has 0 bridgehead atoms. The summed E-state index contributed by atoms with van der Waals surface area (Å²) in [5.41, 5.74) is 13.3. The molecule has 0 unspecified atom stereocenters. The predicted octanol–water partition coefficient (Wildman–Crippen LogP) is 11.9. The molecular weight excluding hydrogens is 1000 g/mol. The molecule has 0 radical (unpaired) electrons. The van der Waals surface area contributed by atoms with Gasteiger partial charge in [0.15, 0.2) is 0 Å². The Morgan fingerprint density at radius 1 is 0.662 bits per heavy atom. The van der Waals surface area contributed by atoms with Crippen molar-refractivity contribution >= 4 is 47.5 Å². The maximum Gasteiger partial charge on any atom is 0.408 e. The Balaban J connectivity index is 0.919. The summed E-state index contributed by atoms with van der Waals surface area (Å²) in [5, 5.41) is 5.57. The molecule has 16 heteroatoms. The number of alkyl carbamates (subject to hydrolysis) is 2. The number of ether oxygens (including phenoxy) is 2. The van der Waals surface area contributed by atoms with Gasteiger partial charge in [-0.1, -0.05) is 123 Å². The number of thioether (sulfide) groups is 2. The van der Waals surface area contributed by atoms with E-state index in [9.17, 15) is 19.2 Å². The average molecular weight is 1080 g/mol. The van der Waals surface area contributed by atoms with Crippen molar-refractivity contribution in [1.29, 1.82) is 0 Å². The number of aryl methyl sites for hydroxylation is 4. The monoisotopic (exact) mass is 1080 g/mol. The summed E-state index contributed by atoms with van der Waals surface area (Å²) in [6.45, 7) is 12.9. The number of rotatable bonds is 24. The Labute approximate surface area is 461 Å². The van der Waals surface area contributed by atoms with Gasteiger partial charge in [-0.05, 0) is 128 Å². The van der Waals surface area contributed by atoms with Crippen LogP contribution >= 0.6 is 23.5 Å². The van der Waals surface area contributed by atoms with Crippen LogP contribution in [-0.4, -0.2) is 116 Å². The summed E-state index contributed by atoms with van der Waals surface area (Å²) in [7, 11) is 0. The van der Waals surface area contributed by atoms with Crippen LogP contribution in [0.25, 0.3) is 44.8 Å². The van der Waals surface area contributed by atoms with Gasteiger partial charge in [0.05, 0.1) is 23.5 Å². The molecule has 404 valence electrons. The van der Waals surface area contributed by atoms with Crippen LogP contribution in [-0.2, 0) is 38.3 Å². The topological polar surface area (TPSA) is 175 Å². The fourth-order valence-electron chi connectivity index (χ4n) is 10.4. The molecule has 2 aromatic heterocycles. The Morgan fingerprint density at radius 2 is 1.13 bits per heavy atom. The highest BCUT2D eigenvalue weighted by molar-refractivity contribution is 7.98. The van der Waals surface area contributed by atoms with Crippen molar-refractivity contribution in [2.24, 2.45) is 0 Å². The lowest BCUT2D eigenvalue weighted by molar-refractivity contribution is -0.135. The quantitative estimate of drug-likeness (QED) is 0.0427. The highest BCUT2D eigenvalue weighted by Crippen LogP contribution is 2.36. The summed E-state index contributed by atoms with van der Waals surface area (Å²) in [6.07, 6.45) is 16.4. The standard InChI is InChI=1S/C61H72N8O6S2/c1-7-32-74-60(72)66-50(28-34-76-5)58(70)68-30-10-12-54(68)56-62-38-52(64-56)46-24-20-44(21-25-46)48-36-40(4)14-17-43(48)19-16-41-15-18-42(9-3)49(37-41)45-22-26-47(27-23-45)53-39-63-57(65-53)55-13-11-31-69(55)59(71)51(29-35-77-6)67-61(73)75-33-8-2/h7-8,14-15,17-18,20-27,36-39,50-51,54-55H,1-2,9-13,16,19,28-35H2,3-6H3,(H,62,64)(H,63,65)(H,66,72)(H,67,73)/t50-,51-,54-,55-/m0/s1. The third-order valence-corrected chi connectivity index (χ3v) is 15.7. The van der Waals surface area contributed by atoms with Crippen molar-refractivity contribution < 1.29 is 28.7 Å². The molecule has 77 heavy (non-hydrogen) atoms. The summed E-state index contributed by atoms with van der Waals surface area (Å²) in [4.78, 5) is 73.2. The van der Waals surface area contributed by atoms with Crippen molar-refractivity contribution in [3.05, 3.63) is 157 Å². The third kappa shape index (κ3) is 14.1. The van der Waals surface area contributed by atoms with Crippen LogP contribution < -0.4 is 10.6 Å². The fourth-order valence-corrected chi connectivity index (χ4v) is 11.4. The fraction of sp³-hybridized carbons (Fsp3) is 0.377. The minimum absolute atomic E-state index is 0.0737. The Kier molecular flexibility index (Phi) is 19.9. The van der Waals surface area contributed by atoms with E-state index in [1.165, 1.54) is 45.5 Å². The molecule has 14 nitrogen and oxygen atoms in total. The maximum absolute atomic E-state index is 13.9. The van der Waals surface area contributed by atoms with Crippen LogP contribution in [0.5, 0.6) is 0 Å². The van der Waals surface area contributed by atoms with Crippen LogP contribution in [0.1, 0.15) is 91.4 Å². The number of imidazole rings is 2. The van der Waals surface area contributed by atoms with Crippen LogP contribution in [0, 0.1) is 6.92 Å². The smallest absolute Gasteiger partial charge is 0.408 e. The molecule has 2 fully saturated rings. The van der Waals surface area contributed by atoms with E-state index in [0.29, 0.717) is 25.9 Å². The minimum atomic E-state index is -0.693. The van der Waals surface area contributed by atoms with E-state index in [2.05, 4.69) is 133 Å². The van der Waals surface area contributed by atoms with Crippen LogP contribution in [0.15, 0.2) is 123 Å². The van der Waals surface area contributed by atoms with Crippen LogP contribution in [0.2, 0.25) is 0 Å². The lowest BCUT2D eigenvalue weighted by atomic mass is 9.91. The number of hydrogen-bond acceptors (Lipinski definition) is 10. The molecular formula is C61H72N8O6S2. The highest BCUT2D eigenvalue weighted by Gasteiger charge is 2.38. The number of carbonyl (C=O) groups is 4. The molecule has 4 atom stereocenters. The maximum atomic E-state index is 13.9. The number of carbonyl (C=O) groups excluding carboxylic acids is 4. The second-order valence-electron chi connectivity index (χ2n) is 19.6. The number of hydrogen-bond donors (Lipinski definition) is 4. The highest BCUT2D eigenvalue weighted by atomic mass is 32.2. The molecule has 0 saturated carbocycles. The van der Waals surface area contributed by atoms with Gasteiger partial charge in [-0.2, -0.15) is 23.5 Å². The Hall–Kier alpha value is -7.04. The summed E-state index contributed by atoms with van der Waals surface area (Å²) in [5.74, 6) is 2.66. The molecule has 2 aliphatic rings. The largest absolute Gasteiger partial charge is 0.445 e. The number of nitrogens with one attached hydrogen (secondary N) is 4. The van der Waals surface area contributed by atoms with Crippen molar-refractivity contribution in [3.63, 3.8) is 0 Å². The van der Waals surface area contributed by atoms with Gasteiger partial charge in [0.1, 0.15) is 36.9 Å². The zero-order valence-corrected chi connectivity index (χ0v) is 46.4. The van der Waals surface area contributed by atoms with E-state index >= 15 is 0 Å². The van der Waals surface area contributed by atoms with E-state index in [1.807, 2.05) is 34.7 Å². The first-order chi connectivity index (χ1) is 37.5. The summed E-state index contributed by atoms with van der Waals surface area (Å²) < 4.78 is 10.3. The van der Waals surface area contributed by atoms with E-state index in [0.717, 1.165) is 102 Å². The molecule has 4 aromatic carbocycles. The van der Waals surface area contributed by atoms with E-state index in [-0.39, 0.29) is 37.1 Å². The molecule has 4 heterocycles. The second-order valence-corrected chi connectivity index (χ2v) is 21.6. The first-order valence-electron chi connectivity index (χ1n) is 26.7. The van der Waals surface area contributed by atoms with Gasteiger partial charge in [0.2, 0.25) is 11.8 Å². The second kappa shape index (κ2) is 27.3. The predicted molar refractivity (Wildman–Crippen MR) is 311 cm³/mol.